The molecule has 2 aromatic rings. The van der Waals surface area contributed by atoms with Gasteiger partial charge in [-0.25, -0.2) is 4.98 Å². The van der Waals surface area contributed by atoms with E-state index in [1.54, 1.807) is 0 Å². The first-order valence-corrected chi connectivity index (χ1v) is 9.06. The summed E-state index contributed by atoms with van der Waals surface area (Å²) in [5.74, 6) is -0.337. The van der Waals surface area contributed by atoms with Crippen molar-refractivity contribution in [3.05, 3.63) is 24.3 Å². The maximum absolute atomic E-state index is 12.5. The molecule has 1 aromatic carbocycles. The van der Waals surface area contributed by atoms with Crippen molar-refractivity contribution in [3.63, 3.8) is 0 Å². The number of carbonyl (C=O) groups excluding carboxylic acids is 2. The number of likely N-dealkylation sites (tertiary alicyclic amines) is 1. The molecule has 2 amide bonds. The molecular weight excluding hydrogens is 326 g/mol. The Morgan fingerprint density at radius 3 is 2.88 bits per heavy atom. The fourth-order valence-corrected chi connectivity index (χ4v) is 4.26. The number of nitrogens with zero attached hydrogens (tertiary/aromatic N) is 2. The third kappa shape index (κ3) is 3.01. The van der Waals surface area contributed by atoms with Gasteiger partial charge in [0.05, 0.1) is 16.1 Å². The Morgan fingerprint density at radius 1 is 1.29 bits per heavy atom. The Bertz CT molecular complexity index is 736. The Balaban J connectivity index is 1.42. The van der Waals surface area contributed by atoms with Gasteiger partial charge in [-0.3, -0.25) is 9.59 Å². The molecule has 3 heterocycles. The first kappa shape index (κ1) is 15.5. The second kappa shape index (κ2) is 6.49. The van der Waals surface area contributed by atoms with E-state index in [1.165, 1.54) is 11.3 Å². The molecule has 0 radical (unpaired) electrons. The lowest BCUT2D eigenvalue weighted by atomic mass is 10.1. The van der Waals surface area contributed by atoms with Crippen LogP contribution in [0.5, 0.6) is 0 Å². The van der Waals surface area contributed by atoms with Crippen molar-refractivity contribution in [1.82, 2.24) is 9.88 Å². The molecular formula is C17H19N3O3S. The number of hydrogen-bond donors (Lipinski definition) is 1. The van der Waals surface area contributed by atoms with Gasteiger partial charge in [-0.15, -0.1) is 0 Å². The number of aromatic nitrogens is 1. The minimum Gasteiger partial charge on any atom is -0.381 e. The molecule has 24 heavy (non-hydrogen) atoms. The van der Waals surface area contributed by atoms with E-state index in [1.807, 2.05) is 29.2 Å². The van der Waals surface area contributed by atoms with Gasteiger partial charge in [-0.05, 0) is 25.0 Å². The van der Waals surface area contributed by atoms with Gasteiger partial charge >= 0.3 is 0 Å². The molecule has 2 saturated heterocycles. The largest absolute Gasteiger partial charge is 0.381 e. The van der Waals surface area contributed by atoms with E-state index in [0.717, 1.165) is 23.1 Å². The molecule has 7 heteroatoms. The maximum Gasteiger partial charge on any atom is 0.231 e. The van der Waals surface area contributed by atoms with Gasteiger partial charge < -0.3 is 15.0 Å². The highest BCUT2D eigenvalue weighted by Gasteiger charge is 2.38. The van der Waals surface area contributed by atoms with Crippen molar-refractivity contribution in [1.29, 1.82) is 0 Å². The van der Waals surface area contributed by atoms with Crippen LogP contribution in [0.4, 0.5) is 5.13 Å². The van der Waals surface area contributed by atoms with Crippen LogP contribution in [-0.4, -0.2) is 47.5 Å². The summed E-state index contributed by atoms with van der Waals surface area (Å²) < 4.78 is 6.39. The average molecular weight is 345 g/mol. The van der Waals surface area contributed by atoms with Crippen molar-refractivity contribution < 1.29 is 14.3 Å². The monoisotopic (exact) mass is 345 g/mol. The van der Waals surface area contributed by atoms with Gasteiger partial charge in [0.2, 0.25) is 11.8 Å². The van der Waals surface area contributed by atoms with E-state index in [-0.39, 0.29) is 30.2 Å². The van der Waals surface area contributed by atoms with Crippen molar-refractivity contribution in [2.24, 2.45) is 5.92 Å². The van der Waals surface area contributed by atoms with Gasteiger partial charge in [0.25, 0.3) is 0 Å². The van der Waals surface area contributed by atoms with Crippen LogP contribution in [0, 0.1) is 5.92 Å². The molecule has 2 aliphatic heterocycles. The SMILES string of the molecule is O=C(Nc1nc2ccccc2s1)C1CC(=O)N(C2CCOCC2)C1. The summed E-state index contributed by atoms with van der Waals surface area (Å²) in [5.41, 5.74) is 0.879. The van der Waals surface area contributed by atoms with E-state index >= 15 is 0 Å². The molecule has 1 N–H and O–H groups in total. The highest BCUT2D eigenvalue weighted by atomic mass is 32.1. The molecule has 0 aliphatic carbocycles. The molecule has 1 unspecified atom stereocenters. The van der Waals surface area contributed by atoms with Gasteiger partial charge in [-0.2, -0.15) is 0 Å². The van der Waals surface area contributed by atoms with Crippen molar-refractivity contribution >= 4 is 38.5 Å². The molecule has 0 bridgehead atoms. The summed E-state index contributed by atoms with van der Waals surface area (Å²) >= 11 is 1.46. The topological polar surface area (TPSA) is 71.5 Å². The normalized spacial score (nSPS) is 22.2. The second-order valence-corrected chi connectivity index (χ2v) is 7.30. The number of fused-ring (bicyclic) bond motifs is 1. The molecule has 1 aromatic heterocycles. The predicted octanol–water partition coefficient (Wildman–Crippen LogP) is 2.26. The number of anilines is 1. The van der Waals surface area contributed by atoms with E-state index in [2.05, 4.69) is 10.3 Å². The number of nitrogens with one attached hydrogen (secondary N) is 1. The van der Waals surface area contributed by atoms with Gasteiger partial charge in [-0.1, -0.05) is 23.5 Å². The second-order valence-electron chi connectivity index (χ2n) is 6.27. The quantitative estimate of drug-likeness (QED) is 0.926. The standard InChI is InChI=1S/C17H19N3O3S/c21-15-9-11(10-20(15)12-5-7-23-8-6-12)16(22)19-17-18-13-3-1-2-4-14(13)24-17/h1-4,11-12H,5-10H2,(H,18,19,22). The summed E-state index contributed by atoms with van der Waals surface area (Å²) in [5, 5.41) is 3.48. The van der Waals surface area contributed by atoms with Crippen LogP contribution in [0.25, 0.3) is 10.2 Å². The van der Waals surface area contributed by atoms with Crippen LogP contribution in [-0.2, 0) is 14.3 Å². The zero-order chi connectivity index (χ0) is 16.5. The molecule has 0 saturated carbocycles. The zero-order valence-corrected chi connectivity index (χ0v) is 14.1. The van der Waals surface area contributed by atoms with Gasteiger partial charge in [0.15, 0.2) is 5.13 Å². The third-order valence-electron chi connectivity index (χ3n) is 4.68. The minimum atomic E-state index is -0.299. The summed E-state index contributed by atoms with van der Waals surface area (Å²) in [6, 6.07) is 8.00. The maximum atomic E-state index is 12.5. The number of carbonyl (C=O) groups is 2. The summed E-state index contributed by atoms with van der Waals surface area (Å²) in [6.45, 7) is 1.88. The van der Waals surface area contributed by atoms with Gasteiger partial charge in [0.1, 0.15) is 0 Å². The molecule has 2 aliphatic rings. The molecule has 6 nitrogen and oxygen atoms in total. The van der Waals surface area contributed by atoms with Crippen LogP contribution in [0.15, 0.2) is 24.3 Å². The van der Waals surface area contributed by atoms with Crippen LogP contribution < -0.4 is 5.32 Å². The predicted molar refractivity (Wildman–Crippen MR) is 91.9 cm³/mol. The van der Waals surface area contributed by atoms with E-state index in [4.69, 9.17) is 4.74 Å². The number of rotatable bonds is 3. The van der Waals surface area contributed by atoms with Crippen LogP contribution >= 0.6 is 11.3 Å². The number of hydrogen-bond acceptors (Lipinski definition) is 5. The molecule has 1 atom stereocenters. The minimum absolute atomic E-state index is 0.0753. The van der Waals surface area contributed by atoms with Crippen LogP contribution in [0.3, 0.4) is 0 Å². The van der Waals surface area contributed by atoms with E-state index in [0.29, 0.717) is 24.9 Å². The van der Waals surface area contributed by atoms with E-state index < -0.39 is 0 Å². The number of para-hydroxylation sites is 1. The average Bonchev–Trinajstić information content (AvgIpc) is 3.18. The Labute approximate surface area is 143 Å². The van der Waals surface area contributed by atoms with E-state index in [9.17, 15) is 9.59 Å². The lowest BCUT2D eigenvalue weighted by Gasteiger charge is -2.31. The van der Waals surface area contributed by atoms with Crippen molar-refractivity contribution in [2.75, 3.05) is 25.1 Å². The lowest BCUT2D eigenvalue weighted by Crippen LogP contribution is -2.40. The number of ether oxygens (including phenoxy) is 1. The van der Waals surface area contributed by atoms with Gasteiger partial charge in [0, 0.05) is 32.2 Å². The molecule has 0 spiro atoms. The fourth-order valence-electron chi connectivity index (χ4n) is 3.39. The Morgan fingerprint density at radius 2 is 2.08 bits per heavy atom. The molecule has 2 fully saturated rings. The molecule has 4 rings (SSSR count). The lowest BCUT2D eigenvalue weighted by molar-refractivity contribution is -0.131. The highest BCUT2D eigenvalue weighted by Crippen LogP contribution is 2.28. The summed E-state index contributed by atoms with van der Waals surface area (Å²) in [6.07, 6.45) is 2.00. The third-order valence-corrected chi connectivity index (χ3v) is 5.64. The molecule has 126 valence electrons. The number of thiazole rings is 1. The summed E-state index contributed by atoms with van der Waals surface area (Å²) in [7, 11) is 0. The van der Waals surface area contributed by atoms with Crippen LogP contribution in [0.2, 0.25) is 0 Å². The first-order chi connectivity index (χ1) is 11.7. The zero-order valence-electron chi connectivity index (χ0n) is 13.2. The highest BCUT2D eigenvalue weighted by molar-refractivity contribution is 7.22. The van der Waals surface area contributed by atoms with Crippen molar-refractivity contribution in [3.8, 4) is 0 Å². The number of amides is 2. The number of benzene rings is 1. The fraction of sp³-hybridized carbons (Fsp3) is 0.471. The smallest absolute Gasteiger partial charge is 0.231 e. The van der Waals surface area contributed by atoms with Crippen molar-refractivity contribution in [2.45, 2.75) is 25.3 Å². The Hall–Kier alpha value is -1.99. The summed E-state index contributed by atoms with van der Waals surface area (Å²) in [4.78, 5) is 31.1. The first-order valence-electron chi connectivity index (χ1n) is 8.24. The Kier molecular flexibility index (Phi) is 4.20. The van der Waals surface area contributed by atoms with Crippen LogP contribution in [0.1, 0.15) is 19.3 Å².